The predicted octanol–water partition coefficient (Wildman–Crippen LogP) is 0.235. The third kappa shape index (κ3) is 1.17. The van der Waals surface area contributed by atoms with Crippen LogP contribution in [0.1, 0.15) is 6.92 Å². The molecule has 1 aliphatic rings. The van der Waals surface area contributed by atoms with Gasteiger partial charge in [-0.05, 0) is 6.92 Å². The number of nitrogens with zero attached hydrogens (tertiary/aromatic N) is 1. The van der Waals surface area contributed by atoms with Gasteiger partial charge in [-0.1, -0.05) is 0 Å². The fourth-order valence-corrected chi connectivity index (χ4v) is 1.85. The molecule has 0 saturated heterocycles. The molecule has 1 heterocycles. The van der Waals surface area contributed by atoms with Crippen molar-refractivity contribution in [3.8, 4) is 0 Å². The molecule has 0 fully saturated rings. The molecule has 1 atom stereocenters. The van der Waals surface area contributed by atoms with Crippen LogP contribution in [-0.4, -0.2) is 9.25 Å². The highest BCUT2D eigenvalue weighted by Gasteiger charge is 2.07. The van der Waals surface area contributed by atoms with Crippen molar-refractivity contribution in [2.75, 3.05) is 0 Å². The van der Waals surface area contributed by atoms with Crippen LogP contribution in [0.2, 0.25) is 0 Å². The molecule has 0 aromatic carbocycles. The minimum Gasteiger partial charge on any atom is -0.223 e. The van der Waals surface area contributed by atoms with E-state index in [1.165, 1.54) is 10.8 Å². The van der Waals surface area contributed by atoms with Gasteiger partial charge in [-0.2, -0.15) is 5.10 Å². The quantitative estimate of drug-likeness (QED) is 0.484. The van der Waals surface area contributed by atoms with Crippen LogP contribution in [0.25, 0.3) is 0 Å². The molecule has 0 spiro atoms. The first-order valence-corrected chi connectivity index (χ1v) is 4.17. The van der Waals surface area contributed by atoms with Crippen molar-refractivity contribution in [1.82, 2.24) is 4.83 Å². The Morgan fingerprint density at radius 3 is 2.86 bits per heavy atom. The summed E-state index contributed by atoms with van der Waals surface area (Å²) < 4.78 is 10.3. The van der Waals surface area contributed by atoms with Crippen LogP contribution in [0.4, 0.5) is 0 Å². The molecule has 1 N–H and O–H groups in total. The molecule has 7 heavy (non-hydrogen) atoms. The molecule has 3 nitrogen and oxygen atoms in total. The van der Waals surface area contributed by atoms with Crippen LogP contribution in [0.15, 0.2) is 5.10 Å². The number of hydrazone groups is 1. The molecule has 0 saturated carbocycles. The molecule has 0 aliphatic carbocycles. The summed E-state index contributed by atoms with van der Waals surface area (Å²) in [6, 6.07) is 0. The number of nitrogens with one attached hydrogen (secondary N) is 1. The van der Waals surface area contributed by atoms with Gasteiger partial charge < -0.3 is 0 Å². The summed E-state index contributed by atoms with van der Waals surface area (Å²) in [5.41, 5.74) is 0. The molecule has 0 aromatic rings. The summed E-state index contributed by atoms with van der Waals surface area (Å²) in [6.07, 6.45) is 0. The van der Waals surface area contributed by atoms with Gasteiger partial charge in [0, 0.05) is 10.8 Å². The Kier molecular flexibility index (Phi) is 1.34. The van der Waals surface area contributed by atoms with Crippen molar-refractivity contribution in [2.24, 2.45) is 5.10 Å². The minimum absolute atomic E-state index is 0.832. The lowest BCUT2D eigenvalue weighted by atomic mass is 10.9. The van der Waals surface area contributed by atoms with Gasteiger partial charge in [0.25, 0.3) is 0 Å². The summed E-state index contributed by atoms with van der Waals surface area (Å²) >= 11 is 0. The highest BCUT2D eigenvalue weighted by molar-refractivity contribution is 8.75. The average Bonchev–Trinajstić information content (AvgIpc) is 1.87. The maximum atomic E-state index is 10.3. The van der Waals surface area contributed by atoms with E-state index >= 15 is 0 Å². The second-order valence-corrected chi connectivity index (χ2v) is 3.86. The van der Waals surface area contributed by atoms with E-state index in [4.69, 9.17) is 0 Å². The lowest BCUT2D eigenvalue weighted by Gasteiger charge is -1.78. The van der Waals surface area contributed by atoms with E-state index in [-0.39, 0.29) is 0 Å². The lowest BCUT2D eigenvalue weighted by Crippen LogP contribution is -1.96. The molecule has 1 rings (SSSR count). The van der Waals surface area contributed by atoms with Gasteiger partial charge in [0.05, 0.1) is 0 Å². The first-order valence-electron chi connectivity index (χ1n) is 1.69. The topological polar surface area (TPSA) is 41.5 Å². The van der Waals surface area contributed by atoms with Gasteiger partial charge in [0.15, 0.2) is 0 Å². The summed E-state index contributed by atoms with van der Waals surface area (Å²) in [4.78, 5) is 2.39. The molecule has 5 heteroatoms. The molecule has 1 aliphatic heterocycles. The lowest BCUT2D eigenvalue weighted by molar-refractivity contribution is 0.685. The van der Waals surface area contributed by atoms with E-state index in [0.29, 0.717) is 0 Å². The average molecular weight is 136 g/mol. The van der Waals surface area contributed by atoms with E-state index in [9.17, 15) is 4.21 Å². The zero-order chi connectivity index (χ0) is 5.28. The van der Waals surface area contributed by atoms with Crippen molar-refractivity contribution < 1.29 is 4.21 Å². The first-order chi connectivity index (χ1) is 3.29. The Labute approximate surface area is 47.5 Å². The minimum atomic E-state index is -0.990. The summed E-state index contributed by atoms with van der Waals surface area (Å²) in [5.74, 6) is 0. The van der Waals surface area contributed by atoms with Gasteiger partial charge in [0.1, 0.15) is 5.04 Å². The van der Waals surface area contributed by atoms with Crippen molar-refractivity contribution in [2.45, 2.75) is 6.92 Å². The fourth-order valence-electron chi connectivity index (χ4n) is 0.248. The number of hydrogen-bond acceptors (Lipinski definition) is 3. The molecule has 0 aromatic heterocycles. The third-order valence-electron chi connectivity index (χ3n) is 0.474. The molecular formula is C2H4N2OS2. The largest absolute Gasteiger partial charge is 0.223 e. The normalized spacial score (nSPS) is 29.3. The second kappa shape index (κ2) is 1.83. The highest BCUT2D eigenvalue weighted by atomic mass is 33.1. The maximum absolute atomic E-state index is 10.3. The molecule has 0 radical (unpaired) electrons. The van der Waals surface area contributed by atoms with Crippen molar-refractivity contribution in [3.63, 3.8) is 0 Å². The van der Waals surface area contributed by atoms with E-state index in [1.807, 2.05) is 6.92 Å². The Bertz CT molecular complexity index is 132. The van der Waals surface area contributed by atoms with Crippen LogP contribution in [0.3, 0.4) is 0 Å². The standard InChI is InChI=1S/C2H4N2OS2/c1-2-3-4-7(5)6-2/h4H,1H3. The van der Waals surface area contributed by atoms with Crippen LogP contribution >= 0.6 is 10.8 Å². The van der Waals surface area contributed by atoms with E-state index in [2.05, 4.69) is 9.93 Å². The van der Waals surface area contributed by atoms with Crippen LogP contribution in [0, 0.1) is 0 Å². The van der Waals surface area contributed by atoms with Gasteiger partial charge >= 0.3 is 0 Å². The molecule has 0 bridgehead atoms. The van der Waals surface area contributed by atoms with Gasteiger partial charge in [-0.15, -0.1) is 0 Å². The zero-order valence-electron chi connectivity index (χ0n) is 3.67. The van der Waals surface area contributed by atoms with Crippen molar-refractivity contribution in [1.29, 1.82) is 0 Å². The zero-order valence-corrected chi connectivity index (χ0v) is 5.30. The summed E-state index contributed by atoms with van der Waals surface area (Å²) in [6.45, 7) is 1.81. The Morgan fingerprint density at radius 1 is 2.00 bits per heavy atom. The predicted molar refractivity (Wildman–Crippen MR) is 32.0 cm³/mol. The van der Waals surface area contributed by atoms with E-state index in [1.54, 1.807) is 0 Å². The maximum Gasteiger partial charge on any atom is 0.201 e. The Balaban J connectivity index is 2.58. The molecule has 40 valence electrons. The third-order valence-corrected chi connectivity index (χ3v) is 2.60. The van der Waals surface area contributed by atoms with Gasteiger partial charge in [-0.25, -0.2) is 9.04 Å². The molecular weight excluding hydrogens is 132 g/mol. The van der Waals surface area contributed by atoms with Crippen LogP contribution in [-0.2, 0) is 10.0 Å². The van der Waals surface area contributed by atoms with Crippen LogP contribution < -0.4 is 4.83 Å². The number of hydrogen-bond donors (Lipinski definition) is 1. The first kappa shape index (κ1) is 5.11. The van der Waals surface area contributed by atoms with E-state index in [0.717, 1.165) is 5.04 Å². The summed E-state index contributed by atoms with van der Waals surface area (Å²) in [5, 5.41) is 4.48. The molecule has 1 unspecified atom stereocenters. The monoisotopic (exact) mass is 136 g/mol. The fraction of sp³-hybridized carbons (Fsp3) is 0.500. The van der Waals surface area contributed by atoms with Crippen molar-refractivity contribution in [3.05, 3.63) is 0 Å². The Morgan fingerprint density at radius 2 is 2.71 bits per heavy atom. The van der Waals surface area contributed by atoms with E-state index < -0.39 is 10.0 Å². The van der Waals surface area contributed by atoms with Crippen molar-refractivity contribution >= 4 is 25.9 Å². The second-order valence-electron chi connectivity index (χ2n) is 1.04. The van der Waals surface area contributed by atoms with Gasteiger partial charge in [-0.3, -0.25) is 0 Å². The highest BCUT2D eigenvalue weighted by Crippen LogP contribution is 2.12. The smallest absolute Gasteiger partial charge is 0.201 e. The number of rotatable bonds is 0. The SMILES string of the molecule is CC1=NNS(=O)S1. The van der Waals surface area contributed by atoms with Crippen LogP contribution in [0.5, 0.6) is 0 Å². The Hall–Kier alpha value is -0.0300. The summed E-state index contributed by atoms with van der Waals surface area (Å²) in [7, 11) is 0.242. The van der Waals surface area contributed by atoms with Gasteiger partial charge in [0.2, 0.25) is 10.0 Å². The molecule has 0 amide bonds.